The van der Waals surface area contributed by atoms with Crippen molar-refractivity contribution in [3.05, 3.63) is 18.0 Å². The lowest BCUT2D eigenvalue weighted by Gasteiger charge is -2.06. The molecule has 1 aromatic rings. The van der Waals surface area contributed by atoms with Crippen molar-refractivity contribution in [1.29, 1.82) is 0 Å². The Hall–Kier alpha value is -1.89. The smallest absolute Gasteiger partial charge is 0.271 e. The Labute approximate surface area is 86.4 Å². The average molecular weight is 211 g/mol. The van der Waals surface area contributed by atoms with E-state index in [1.165, 1.54) is 17.8 Å². The van der Waals surface area contributed by atoms with Gasteiger partial charge in [0.1, 0.15) is 11.7 Å². The zero-order valence-corrected chi connectivity index (χ0v) is 8.30. The van der Waals surface area contributed by atoms with Crippen molar-refractivity contribution in [3.8, 4) is 0 Å². The first-order chi connectivity index (χ1) is 7.04. The molecule has 7 nitrogen and oxygen atoms in total. The molecule has 1 atom stereocenters. The summed E-state index contributed by atoms with van der Waals surface area (Å²) < 4.78 is 1.40. The van der Waals surface area contributed by atoms with Crippen LogP contribution in [0.15, 0.2) is 12.3 Å². The molecular weight excluding hydrogens is 198 g/mol. The van der Waals surface area contributed by atoms with E-state index in [1.807, 2.05) is 0 Å². The van der Waals surface area contributed by atoms with E-state index in [9.17, 15) is 9.59 Å². The summed E-state index contributed by atoms with van der Waals surface area (Å²) in [5.41, 5.74) is 10.7. The third-order valence-corrected chi connectivity index (χ3v) is 1.85. The first-order valence-corrected chi connectivity index (χ1v) is 4.35. The quantitative estimate of drug-likeness (QED) is 0.537. The molecule has 0 saturated heterocycles. The number of primary amides is 1. The fourth-order valence-corrected chi connectivity index (χ4v) is 1.00. The number of hydrogen-bond donors (Lipinski definition) is 3. The third kappa shape index (κ3) is 2.78. The van der Waals surface area contributed by atoms with Crippen molar-refractivity contribution in [1.82, 2.24) is 15.1 Å². The topological polar surface area (TPSA) is 116 Å². The zero-order valence-electron chi connectivity index (χ0n) is 8.30. The van der Waals surface area contributed by atoms with E-state index in [0.717, 1.165) is 0 Å². The van der Waals surface area contributed by atoms with Gasteiger partial charge in [-0.1, -0.05) is 0 Å². The van der Waals surface area contributed by atoms with Gasteiger partial charge in [-0.15, -0.1) is 0 Å². The molecule has 1 aromatic heterocycles. The SMILES string of the molecule is CNC(=O)c1ccn(CC(N)C(N)=O)n1. The predicted molar refractivity (Wildman–Crippen MR) is 52.8 cm³/mol. The molecular formula is C8H13N5O2. The Morgan fingerprint density at radius 1 is 1.67 bits per heavy atom. The Bertz CT molecular complexity index is 373. The number of amides is 2. The number of nitrogens with one attached hydrogen (secondary N) is 1. The van der Waals surface area contributed by atoms with Crippen LogP contribution in [0, 0.1) is 0 Å². The van der Waals surface area contributed by atoms with Crippen LogP contribution in [0.1, 0.15) is 10.5 Å². The largest absolute Gasteiger partial charge is 0.368 e. The summed E-state index contributed by atoms with van der Waals surface area (Å²) in [6.45, 7) is 0.159. The van der Waals surface area contributed by atoms with Gasteiger partial charge in [-0.2, -0.15) is 5.10 Å². The van der Waals surface area contributed by atoms with Gasteiger partial charge >= 0.3 is 0 Å². The Morgan fingerprint density at radius 3 is 2.87 bits per heavy atom. The molecule has 0 saturated carbocycles. The molecule has 15 heavy (non-hydrogen) atoms. The summed E-state index contributed by atoms with van der Waals surface area (Å²) in [4.78, 5) is 21.8. The fourth-order valence-electron chi connectivity index (χ4n) is 1.00. The maximum atomic E-state index is 11.1. The molecule has 0 aliphatic rings. The summed E-state index contributed by atoms with van der Waals surface area (Å²) in [5.74, 6) is -0.895. The van der Waals surface area contributed by atoms with Gasteiger partial charge < -0.3 is 16.8 Å². The van der Waals surface area contributed by atoms with E-state index in [1.54, 1.807) is 6.20 Å². The maximum Gasteiger partial charge on any atom is 0.271 e. The first-order valence-electron chi connectivity index (χ1n) is 4.35. The minimum absolute atomic E-state index is 0.159. The number of hydrogen-bond acceptors (Lipinski definition) is 4. The summed E-state index contributed by atoms with van der Waals surface area (Å²) in [7, 11) is 1.51. The van der Waals surface area contributed by atoms with E-state index >= 15 is 0 Å². The predicted octanol–water partition coefficient (Wildman–Crippen LogP) is -1.94. The third-order valence-electron chi connectivity index (χ3n) is 1.85. The minimum Gasteiger partial charge on any atom is -0.368 e. The maximum absolute atomic E-state index is 11.1. The fraction of sp³-hybridized carbons (Fsp3) is 0.375. The van der Waals surface area contributed by atoms with E-state index in [-0.39, 0.29) is 18.1 Å². The van der Waals surface area contributed by atoms with Crippen LogP contribution in [0.5, 0.6) is 0 Å². The lowest BCUT2D eigenvalue weighted by molar-refractivity contribution is -0.119. The summed E-state index contributed by atoms with van der Waals surface area (Å²) in [6.07, 6.45) is 1.56. The standard InChI is InChI=1S/C8H13N5O2/c1-11-8(15)6-2-3-13(12-6)4-5(9)7(10)14/h2-3,5H,4,9H2,1H3,(H2,10,14)(H,11,15). The van der Waals surface area contributed by atoms with Crippen LogP contribution in [0.3, 0.4) is 0 Å². The number of carbonyl (C=O) groups excluding carboxylic acids is 2. The van der Waals surface area contributed by atoms with Gasteiger partial charge in [-0.25, -0.2) is 0 Å². The number of carbonyl (C=O) groups is 2. The Balaban J connectivity index is 2.68. The van der Waals surface area contributed by atoms with Crippen LogP contribution in [0.2, 0.25) is 0 Å². The molecule has 0 fully saturated rings. The molecule has 0 aromatic carbocycles. The molecule has 7 heteroatoms. The highest BCUT2D eigenvalue weighted by Gasteiger charge is 2.12. The molecule has 0 aliphatic heterocycles. The summed E-state index contributed by atoms with van der Waals surface area (Å²) in [6, 6.07) is 0.731. The van der Waals surface area contributed by atoms with Gasteiger partial charge in [0.05, 0.1) is 6.54 Å². The van der Waals surface area contributed by atoms with Crippen LogP contribution >= 0.6 is 0 Å². The molecule has 0 bridgehead atoms. The van der Waals surface area contributed by atoms with Crippen LogP contribution < -0.4 is 16.8 Å². The molecule has 1 rings (SSSR count). The van der Waals surface area contributed by atoms with Crippen molar-refractivity contribution in [2.75, 3.05) is 7.05 Å². The molecule has 1 heterocycles. The second kappa shape index (κ2) is 4.56. The summed E-state index contributed by atoms with van der Waals surface area (Å²) >= 11 is 0. The lowest BCUT2D eigenvalue weighted by Crippen LogP contribution is -2.40. The molecule has 2 amide bonds. The van der Waals surface area contributed by atoms with Crippen LogP contribution in [-0.2, 0) is 11.3 Å². The Morgan fingerprint density at radius 2 is 2.33 bits per heavy atom. The lowest BCUT2D eigenvalue weighted by atomic mass is 10.3. The molecule has 1 unspecified atom stereocenters. The van der Waals surface area contributed by atoms with Crippen molar-refractivity contribution < 1.29 is 9.59 Å². The van der Waals surface area contributed by atoms with E-state index in [2.05, 4.69) is 10.4 Å². The first kappa shape index (κ1) is 11.2. The van der Waals surface area contributed by atoms with Crippen molar-refractivity contribution in [2.24, 2.45) is 11.5 Å². The number of nitrogens with two attached hydrogens (primary N) is 2. The van der Waals surface area contributed by atoms with Crippen molar-refractivity contribution in [3.63, 3.8) is 0 Å². The van der Waals surface area contributed by atoms with Crippen LogP contribution in [0.4, 0.5) is 0 Å². The van der Waals surface area contributed by atoms with Gasteiger partial charge in [-0.05, 0) is 6.07 Å². The van der Waals surface area contributed by atoms with Gasteiger partial charge in [0.25, 0.3) is 5.91 Å². The monoisotopic (exact) mass is 211 g/mol. The number of nitrogens with zero attached hydrogens (tertiary/aromatic N) is 2. The summed E-state index contributed by atoms with van der Waals surface area (Å²) in [5, 5.41) is 6.35. The van der Waals surface area contributed by atoms with Crippen molar-refractivity contribution >= 4 is 11.8 Å². The highest BCUT2D eigenvalue weighted by atomic mass is 16.2. The van der Waals surface area contributed by atoms with Gasteiger partial charge in [-0.3, -0.25) is 14.3 Å². The van der Waals surface area contributed by atoms with E-state index in [4.69, 9.17) is 11.5 Å². The molecule has 82 valence electrons. The molecule has 0 spiro atoms. The number of rotatable bonds is 4. The molecule has 0 radical (unpaired) electrons. The van der Waals surface area contributed by atoms with Gasteiger partial charge in [0, 0.05) is 13.2 Å². The average Bonchev–Trinajstić information content (AvgIpc) is 2.65. The van der Waals surface area contributed by atoms with Crippen molar-refractivity contribution in [2.45, 2.75) is 12.6 Å². The second-order valence-electron chi connectivity index (χ2n) is 3.01. The van der Waals surface area contributed by atoms with Crippen LogP contribution in [-0.4, -0.2) is 34.7 Å². The second-order valence-corrected chi connectivity index (χ2v) is 3.01. The molecule has 0 aliphatic carbocycles. The highest BCUT2D eigenvalue weighted by Crippen LogP contribution is 1.96. The molecule has 5 N–H and O–H groups in total. The Kier molecular flexibility index (Phi) is 3.40. The zero-order chi connectivity index (χ0) is 11.4. The number of aromatic nitrogens is 2. The van der Waals surface area contributed by atoms with Gasteiger partial charge in [0.15, 0.2) is 0 Å². The van der Waals surface area contributed by atoms with E-state index in [0.29, 0.717) is 0 Å². The minimum atomic E-state index is -0.803. The van der Waals surface area contributed by atoms with Gasteiger partial charge in [0.2, 0.25) is 5.91 Å². The van der Waals surface area contributed by atoms with Crippen LogP contribution in [0.25, 0.3) is 0 Å². The highest BCUT2D eigenvalue weighted by molar-refractivity contribution is 5.91. The van der Waals surface area contributed by atoms with E-state index < -0.39 is 11.9 Å². The normalized spacial score (nSPS) is 12.1.